The van der Waals surface area contributed by atoms with Gasteiger partial charge >= 0.3 is 0 Å². The van der Waals surface area contributed by atoms with E-state index in [1.165, 1.54) is 31.5 Å². The van der Waals surface area contributed by atoms with E-state index in [1.807, 2.05) is 18.5 Å². The molecule has 0 saturated carbocycles. The van der Waals surface area contributed by atoms with E-state index in [2.05, 4.69) is 35.1 Å². The van der Waals surface area contributed by atoms with E-state index in [0.29, 0.717) is 6.04 Å². The lowest BCUT2D eigenvalue weighted by Crippen LogP contribution is -2.38. The number of nitrogens with one attached hydrogen (secondary N) is 1. The van der Waals surface area contributed by atoms with Gasteiger partial charge in [-0.15, -0.1) is 0 Å². The highest BCUT2D eigenvalue weighted by Crippen LogP contribution is 2.15. The Morgan fingerprint density at radius 2 is 2.22 bits per heavy atom. The molecule has 1 aliphatic heterocycles. The zero-order valence-corrected chi connectivity index (χ0v) is 11.6. The predicted molar refractivity (Wildman–Crippen MR) is 75.5 cm³/mol. The molecule has 3 heteroatoms. The maximum atomic E-state index is 4.16. The van der Waals surface area contributed by atoms with Crippen LogP contribution in [0.5, 0.6) is 0 Å². The number of piperidine rings is 1. The van der Waals surface area contributed by atoms with Crippen molar-refractivity contribution < 1.29 is 0 Å². The average Bonchev–Trinajstić information content (AvgIpc) is 2.42. The molecule has 1 saturated heterocycles. The Hall–Kier alpha value is -0.930. The van der Waals surface area contributed by atoms with Crippen LogP contribution in [-0.4, -0.2) is 36.1 Å². The molecule has 0 aliphatic carbocycles. The molecule has 1 atom stereocenters. The fourth-order valence-electron chi connectivity index (χ4n) is 2.47. The molecule has 3 nitrogen and oxygen atoms in total. The summed E-state index contributed by atoms with van der Waals surface area (Å²) >= 11 is 0. The summed E-state index contributed by atoms with van der Waals surface area (Å²) in [4.78, 5) is 6.73. The Labute approximate surface area is 111 Å². The average molecular weight is 247 g/mol. The Bertz CT molecular complexity index is 331. The maximum absolute atomic E-state index is 4.16. The van der Waals surface area contributed by atoms with Crippen LogP contribution in [0.3, 0.4) is 0 Å². The van der Waals surface area contributed by atoms with E-state index >= 15 is 0 Å². The van der Waals surface area contributed by atoms with Crippen molar-refractivity contribution in [1.29, 1.82) is 0 Å². The largest absolute Gasteiger partial charge is 0.309 e. The Balaban J connectivity index is 1.66. The number of pyridine rings is 1. The predicted octanol–water partition coefficient (Wildman–Crippen LogP) is 2.46. The molecule has 2 heterocycles. The van der Waals surface area contributed by atoms with Gasteiger partial charge in [0, 0.05) is 31.5 Å². The van der Waals surface area contributed by atoms with Gasteiger partial charge in [-0.1, -0.05) is 13.0 Å². The summed E-state index contributed by atoms with van der Waals surface area (Å²) in [5.74, 6) is 0.920. The van der Waals surface area contributed by atoms with Crippen LogP contribution >= 0.6 is 0 Å². The first-order chi connectivity index (χ1) is 8.75. The minimum atomic E-state index is 0.391. The maximum Gasteiger partial charge on any atom is 0.0315 e. The minimum Gasteiger partial charge on any atom is -0.309 e. The Morgan fingerprint density at radius 1 is 1.44 bits per heavy atom. The second-order valence-electron chi connectivity index (χ2n) is 5.49. The molecule has 2 rings (SSSR count). The number of likely N-dealkylation sites (tertiary alicyclic amines) is 1. The molecule has 1 aromatic heterocycles. The highest BCUT2D eigenvalue weighted by atomic mass is 15.1. The SMILES string of the molecule is CC1CCN(CCNC(C)c2cccnc2)CC1. The van der Waals surface area contributed by atoms with Crippen molar-refractivity contribution in [1.82, 2.24) is 15.2 Å². The first-order valence-electron chi connectivity index (χ1n) is 7.11. The summed E-state index contributed by atoms with van der Waals surface area (Å²) in [6.45, 7) is 9.32. The van der Waals surface area contributed by atoms with Gasteiger partial charge in [-0.25, -0.2) is 0 Å². The number of nitrogens with zero attached hydrogens (tertiary/aromatic N) is 2. The van der Waals surface area contributed by atoms with Crippen LogP contribution in [-0.2, 0) is 0 Å². The third-order valence-electron chi connectivity index (χ3n) is 3.94. The van der Waals surface area contributed by atoms with Crippen molar-refractivity contribution in [2.75, 3.05) is 26.2 Å². The normalized spacial score (nSPS) is 19.9. The van der Waals surface area contributed by atoms with E-state index in [1.54, 1.807) is 0 Å². The minimum absolute atomic E-state index is 0.391. The lowest BCUT2D eigenvalue weighted by atomic mass is 9.99. The third-order valence-corrected chi connectivity index (χ3v) is 3.94. The quantitative estimate of drug-likeness (QED) is 0.866. The lowest BCUT2D eigenvalue weighted by molar-refractivity contribution is 0.191. The number of rotatable bonds is 5. The van der Waals surface area contributed by atoms with Crippen LogP contribution in [0.4, 0.5) is 0 Å². The zero-order chi connectivity index (χ0) is 12.8. The fraction of sp³-hybridized carbons (Fsp3) is 0.667. The second-order valence-corrected chi connectivity index (χ2v) is 5.49. The van der Waals surface area contributed by atoms with E-state index < -0.39 is 0 Å². The van der Waals surface area contributed by atoms with Crippen molar-refractivity contribution >= 4 is 0 Å². The molecule has 0 bridgehead atoms. The number of aromatic nitrogens is 1. The van der Waals surface area contributed by atoms with Crippen LogP contribution in [0.25, 0.3) is 0 Å². The van der Waals surface area contributed by atoms with Gasteiger partial charge in [-0.05, 0) is 50.4 Å². The van der Waals surface area contributed by atoms with E-state index in [-0.39, 0.29) is 0 Å². The molecular weight excluding hydrogens is 222 g/mol. The lowest BCUT2D eigenvalue weighted by Gasteiger charge is -2.30. The molecule has 0 aromatic carbocycles. The van der Waals surface area contributed by atoms with Gasteiger partial charge in [0.05, 0.1) is 0 Å². The molecular formula is C15H25N3. The van der Waals surface area contributed by atoms with Crippen LogP contribution in [0.1, 0.15) is 38.3 Å². The van der Waals surface area contributed by atoms with Crippen molar-refractivity contribution in [2.45, 2.75) is 32.7 Å². The molecule has 1 fully saturated rings. The summed E-state index contributed by atoms with van der Waals surface area (Å²) in [5.41, 5.74) is 1.27. The van der Waals surface area contributed by atoms with Gasteiger partial charge in [0.1, 0.15) is 0 Å². The molecule has 1 aliphatic rings. The molecule has 0 amide bonds. The van der Waals surface area contributed by atoms with Crippen molar-refractivity contribution in [3.8, 4) is 0 Å². The van der Waals surface area contributed by atoms with Crippen LogP contribution in [0.2, 0.25) is 0 Å². The van der Waals surface area contributed by atoms with Crippen LogP contribution < -0.4 is 5.32 Å². The van der Waals surface area contributed by atoms with Gasteiger partial charge < -0.3 is 10.2 Å². The van der Waals surface area contributed by atoms with Crippen LogP contribution in [0, 0.1) is 5.92 Å². The molecule has 0 radical (unpaired) electrons. The molecule has 1 N–H and O–H groups in total. The fourth-order valence-corrected chi connectivity index (χ4v) is 2.47. The highest BCUT2D eigenvalue weighted by molar-refractivity contribution is 5.12. The van der Waals surface area contributed by atoms with Crippen molar-refractivity contribution in [3.05, 3.63) is 30.1 Å². The number of hydrogen-bond acceptors (Lipinski definition) is 3. The summed E-state index contributed by atoms with van der Waals surface area (Å²) in [7, 11) is 0. The summed E-state index contributed by atoms with van der Waals surface area (Å²) in [5, 5.41) is 3.58. The van der Waals surface area contributed by atoms with E-state index in [0.717, 1.165) is 19.0 Å². The van der Waals surface area contributed by atoms with Gasteiger partial charge in [0.2, 0.25) is 0 Å². The van der Waals surface area contributed by atoms with Gasteiger partial charge in [0.15, 0.2) is 0 Å². The number of hydrogen-bond donors (Lipinski definition) is 1. The summed E-state index contributed by atoms with van der Waals surface area (Å²) in [6.07, 6.45) is 6.49. The standard InChI is InChI=1S/C15H25N3/c1-13-5-9-18(10-6-13)11-8-17-14(2)15-4-3-7-16-12-15/h3-4,7,12-14,17H,5-6,8-11H2,1-2H3. The topological polar surface area (TPSA) is 28.2 Å². The monoisotopic (exact) mass is 247 g/mol. The highest BCUT2D eigenvalue weighted by Gasteiger charge is 2.15. The summed E-state index contributed by atoms with van der Waals surface area (Å²) in [6, 6.07) is 4.52. The molecule has 100 valence electrons. The second kappa shape index (κ2) is 6.86. The van der Waals surface area contributed by atoms with Gasteiger partial charge in [-0.3, -0.25) is 4.98 Å². The van der Waals surface area contributed by atoms with Crippen molar-refractivity contribution in [2.24, 2.45) is 5.92 Å². The first kappa shape index (κ1) is 13.5. The zero-order valence-electron chi connectivity index (χ0n) is 11.6. The Kier molecular flexibility index (Phi) is 5.14. The van der Waals surface area contributed by atoms with Crippen molar-refractivity contribution in [3.63, 3.8) is 0 Å². The molecule has 18 heavy (non-hydrogen) atoms. The smallest absolute Gasteiger partial charge is 0.0315 e. The first-order valence-corrected chi connectivity index (χ1v) is 7.11. The molecule has 0 spiro atoms. The third kappa shape index (κ3) is 4.07. The van der Waals surface area contributed by atoms with Crippen LogP contribution in [0.15, 0.2) is 24.5 Å². The molecule has 1 unspecified atom stereocenters. The van der Waals surface area contributed by atoms with E-state index in [9.17, 15) is 0 Å². The van der Waals surface area contributed by atoms with Gasteiger partial charge in [0.25, 0.3) is 0 Å². The Morgan fingerprint density at radius 3 is 2.89 bits per heavy atom. The molecule has 1 aromatic rings. The van der Waals surface area contributed by atoms with Gasteiger partial charge in [-0.2, -0.15) is 0 Å². The summed E-state index contributed by atoms with van der Waals surface area (Å²) < 4.78 is 0. The van der Waals surface area contributed by atoms with E-state index in [4.69, 9.17) is 0 Å².